The van der Waals surface area contributed by atoms with Gasteiger partial charge in [0.15, 0.2) is 34.3 Å². The van der Waals surface area contributed by atoms with Gasteiger partial charge in [-0.15, -0.1) is 0 Å². The summed E-state index contributed by atoms with van der Waals surface area (Å²) in [5.41, 5.74) is -2.77. The van der Waals surface area contributed by atoms with Gasteiger partial charge in [0, 0.05) is 119 Å². The quantitative estimate of drug-likeness (QED) is 0.0163. The summed E-state index contributed by atoms with van der Waals surface area (Å²) in [6.45, 7) is 44.8. The molecule has 4 radical (unpaired) electrons. The molecule has 0 aliphatic rings. The van der Waals surface area contributed by atoms with Gasteiger partial charge in [-0.05, 0) is 184 Å². The molecule has 0 saturated carbocycles. The molecular weight excluding hydrogens is 1530 g/mol. The van der Waals surface area contributed by atoms with Gasteiger partial charge in [-0.2, -0.15) is 0 Å². The van der Waals surface area contributed by atoms with E-state index < -0.39 is 114 Å². The molecule has 0 bridgehead atoms. The van der Waals surface area contributed by atoms with Gasteiger partial charge in [0.25, 0.3) is 5.91 Å². The highest BCUT2D eigenvalue weighted by atomic mass is 16.6. The van der Waals surface area contributed by atoms with E-state index in [0.29, 0.717) is 135 Å². The molecule has 0 aliphatic carbocycles. The van der Waals surface area contributed by atoms with Crippen LogP contribution in [0.5, 0.6) is 0 Å². The largest absolute Gasteiger partial charge is 0.462 e. The first-order valence-corrected chi connectivity index (χ1v) is 44.0. The number of hydrogen-bond donors (Lipinski definition) is 5. The molecule has 0 aromatic heterocycles. The standard InChI is InChI=1S/C46H89B2N7O9.C41H72N2O12/c1-14-38(56)49-26-18-16-15-17-25-37(35-54(41(59)63-45(8,9)10)31-21-19-29-52(33-23-27-50-47)39(57)61-43(2,3)4)36-55(42(60)64-46(11,12)13)32-22-20-30-53(34-24-28-51-48)40(58)62-44(5,6)7;1-11-27(2)18-14-19-28(3)16-12-13-17-29(4)20-15-21-30(5)22-23-37(49)42-24-25-43-41(50)40(55-35(10)48)39(54-34(9)47)38(53-33(8)46)36(52-32(7)45)26-51-31(6)44/h37,50-51H,14-36H2,1-13H3,(H,49,56);27-30,36,38-40H,11-26H2,1-10H3,(H,42,49)(H,43,50)/t;27?,28?,29?,30?,36-,38-,39+,40-/m.1/s1. The van der Waals surface area contributed by atoms with Crippen LogP contribution < -0.4 is 26.4 Å². The fourth-order valence-corrected chi connectivity index (χ4v) is 12.8. The third-order valence-corrected chi connectivity index (χ3v) is 19.1. The molecule has 4 unspecified atom stereocenters. The molecule has 0 saturated heterocycles. The number of hydrogen-bond acceptors (Lipinski definition) is 23. The fraction of sp³-hybridized carbons (Fsp3) is 0.862. The molecule has 5 N–H and O–H groups in total. The molecule has 0 aromatic rings. The fourth-order valence-electron chi connectivity index (χ4n) is 12.8. The number of amides is 7. The van der Waals surface area contributed by atoms with Gasteiger partial charge in [-0.3, -0.25) is 38.4 Å². The van der Waals surface area contributed by atoms with E-state index in [0.717, 1.165) is 97.8 Å². The van der Waals surface area contributed by atoms with Crippen molar-refractivity contribution in [3.63, 3.8) is 0 Å². The number of ether oxygens (including phenoxy) is 9. The lowest BCUT2D eigenvalue weighted by Crippen LogP contribution is -2.57. The third-order valence-electron chi connectivity index (χ3n) is 19.1. The smallest absolute Gasteiger partial charge is 0.410 e. The molecule has 30 nitrogen and oxygen atoms in total. The van der Waals surface area contributed by atoms with Gasteiger partial charge in [-0.25, -0.2) is 19.2 Å². The van der Waals surface area contributed by atoms with E-state index in [2.05, 4.69) is 61.0 Å². The lowest BCUT2D eigenvalue weighted by atomic mass is 9.91. The first-order valence-electron chi connectivity index (χ1n) is 44.0. The number of esters is 5. The average molecular weight is 1690 g/mol. The van der Waals surface area contributed by atoms with Crippen LogP contribution >= 0.6 is 0 Å². The van der Waals surface area contributed by atoms with Crippen molar-refractivity contribution in [2.75, 3.05) is 91.7 Å². The Morgan fingerprint density at radius 3 is 1.09 bits per heavy atom. The highest BCUT2D eigenvalue weighted by Crippen LogP contribution is 2.27. The molecule has 32 heteroatoms. The normalized spacial score (nSPS) is 13.6. The molecular formula is C87H161B2N9O21. The Bertz CT molecular complexity index is 2810. The van der Waals surface area contributed by atoms with E-state index in [1.807, 2.05) is 90.0 Å². The van der Waals surface area contributed by atoms with Gasteiger partial charge in [0.05, 0.1) is 0 Å². The van der Waals surface area contributed by atoms with E-state index >= 15 is 0 Å². The van der Waals surface area contributed by atoms with Crippen molar-refractivity contribution >= 4 is 87.9 Å². The van der Waals surface area contributed by atoms with Crippen LogP contribution in [0.15, 0.2) is 0 Å². The Balaban J connectivity index is 0. The molecule has 0 spiro atoms. The maximum absolute atomic E-state index is 13.9. The summed E-state index contributed by atoms with van der Waals surface area (Å²) in [5, 5.41) is 13.5. The summed E-state index contributed by atoms with van der Waals surface area (Å²) in [6, 6.07) is 0. The van der Waals surface area contributed by atoms with E-state index in [4.69, 9.17) is 58.6 Å². The minimum atomic E-state index is -1.89. The molecule has 119 heavy (non-hydrogen) atoms. The minimum absolute atomic E-state index is 0.0346. The van der Waals surface area contributed by atoms with Crippen molar-refractivity contribution < 1.29 is 100 Å². The van der Waals surface area contributed by atoms with Crippen LogP contribution in [0.3, 0.4) is 0 Å². The van der Waals surface area contributed by atoms with Crippen LogP contribution in [0.2, 0.25) is 0 Å². The first kappa shape index (κ1) is 114. The van der Waals surface area contributed by atoms with Crippen molar-refractivity contribution in [1.82, 2.24) is 46.0 Å². The number of nitrogens with zero attached hydrogens (tertiary/aromatic N) is 4. The third kappa shape index (κ3) is 64.4. The van der Waals surface area contributed by atoms with Gasteiger partial charge < -0.3 is 88.6 Å². The number of nitrogens with one attached hydrogen (secondary N) is 5. The van der Waals surface area contributed by atoms with Gasteiger partial charge >= 0.3 is 54.2 Å². The van der Waals surface area contributed by atoms with Gasteiger partial charge in [-0.1, -0.05) is 131 Å². The zero-order valence-corrected chi connectivity index (χ0v) is 77.8. The minimum Gasteiger partial charge on any atom is -0.462 e. The summed E-state index contributed by atoms with van der Waals surface area (Å²) in [5.74, 6) is -2.94. The maximum atomic E-state index is 13.9. The highest BCUT2D eigenvalue weighted by Gasteiger charge is 2.47. The Kier molecular flexibility index (Phi) is 61.1. The van der Waals surface area contributed by atoms with E-state index in [1.54, 1.807) is 19.6 Å². The molecule has 0 heterocycles. The van der Waals surface area contributed by atoms with Crippen LogP contribution in [0.4, 0.5) is 19.2 Å². The number of rotatable bonds is 60. The predicted molar refractivity (Wildman–Crippen MR) is 464 cm³/mol. The van der Waals surface area contributed by atoms with Crippen molar-refractivity contribution in [3.8, 4) is 0 Å². The average Bonchev–Trinajstić information content (AvgIpc) is 0.817. The molecule has 0 fully saturated rings. The zero-order chi connectivity index (χ0) is 90.9. The number of unbranched alkanes of at least 4 members (excludes halogenated alkanes) is 6. The van der Waals surface area contributed by atoms with Crippen molar-refractivity contribution in [1.29, 1.82) is 0 Å². The van der Waals surface area contributed by atoms with Crippen LogP contribution in [-0.2, 0) is 81.0 Å². The monoisotopic (exact) mass is 1690 g/mol. The van der Waals surface area contributed by atoms with E-state index in [9.17, 15) is 57.5 Å². The molecule has 0 aromatic carbocycles. The summed E-state index contributed by atoms with van der Waals surface area (Å²) in [7, 11) is 11.0. The molecule has 686 valence electrons. The van der Waals surface area contributed by atoms with Crippen molar-refractivity contribution in [2.45, 2.75) is 367 Å². The van der Waals surface area contributed by atoms with Crippen LogP contribution in [0.1, 0.15) is 320 Å². The topological polar surface area (TPSA) is 361 Å². The van der Waals surface area contributed by atoms with Crippen LogP contribution in [-0.4, -0.2) is 246 Å². The second kappa shape index (κ2) is 63.8. The summed E-state index contributed by atoms with van der Waals surface area (Å²) >= 11 is 0. The first-order chi connectivity index (χ1) is 55.5. The maximum Gasteiger partial charge on any atom is 0.410 e. The Hall–Kier alpha value is -7.11. The van der Waals surface area contributed by atoms with E-state index in [-0.39, 0.29) is 30.8 Å². The van der Waals surface area contributed by atoms with Gasteiger partial charge in [0.2, 0.25) is 17.9 Å². The zero-order valence-electron chi connectivity index (χ0n) is 77.8. The summed E-state index contributed by atoms with van der Waals surface area (Å²) < 4.78 is 49.2. The lowest BCUT2D eigenvalue weighted by molar-refractivity contribution is -0.203. The SMILES string of the molecule is CCC(C)CCCC(C)CCCCC(C)CCCC(C)CCC(=O)NCCNC(=O)[C@H](OC(C)=O)[C@@H](OC(C)=O)[C@H](OC(C)=O)[C@@H](COC(C)=O)OC(C)=O.[B]NCCCN(CCCCN(CC(CCCCCCNC(=O)CC)CN(CCCCN(CCCN[B])C(=O)OC(C)(C)C)C(=O)OC(C)(C)C)C(=O)OC(C)(C)C)C(=O)OC(C)(C)C. The second-order valence-corrected chi connectivity index (χ2v) is 35.9. The number of carbonyl (C=O) groups excluding carboxylic acids is 12. The second-order valence-electron chi connectivity index (χ2n) is 35.9. The van der Waals surface area contributed by atoms with Crippen LogP contribution in [0.25, 0.3) is 0 Å². The summed E-state index contributed by atoms with van der Waals surface area (Å²) in [6.07, 6.45) is 14.6. The Morgan fingerprint density at radius 2 is 0.697 bits per heavy atom. The molecule has 7 amide bonds. The lowest BCUT2D eigenvalue weighted by Gasteiger charge is -2.34. The highest BCUT2D eigenvalue weighted by molar-refractivity contribution is 6.04. The number of carbonyl (C=O) groups is 12. The van der Waals surface area contributed by atoms with Crippen molar-refractivity contribution in [3.05, 3.63) is 0 Å². The predicted octanol–water partition coefficient (Wildman–Crippen LogP) is 13.9. The van der Waals surface area contributed by atoms with Crippen LogP contribution in [0, 0.1) is 29.6 Å². The van der Waals surface area contributed by atoms with E-state index in [1.165, 1.54) is 57.8 Å². The Morgan fingerprint density at radius 1 is 0.345 bits per heavy atom. The van der Waals surface area contributed by atoms with Gasteiger partial charge in [0.1, 0.15) is 29.0 Å². The molecule has 0 rings (SSSR count). The Labute approximate surface area is 718 Å². The molecule has 8 atom stereocenters. The molecule has 0 aliphatic heterocycles. The van der Waals surface area contributed by atoms with Crippen molar-refractivity contribution in [2.24, 2.45) is 29.6 Å². The summed E-state index contributed by atoms with van der Waals surface area (Å²) in [4.78, 5) is 158.